The number of methoxy groups -OCH3 is 1. The number of aromatic nitrogens is 2. The molecule has 0 aliphatic carbocycles. The fraction of sp³-hybridized carbons (Fsp3) is 0.450. The summed E-state index contributed by atoms with van der Waals surface area (Å²) in [5.41, 5.74) is 3.88. The monoisotopic (exact) mass is 339 g/mol. The molecule has 0 unspecified atom stereocenters. The second kappa shape index (κ2) is 7.74. The molecule has 1 aromatic carbocycles. The van der Waals surface area contributed by atoms with Gasteiger partial charge in [0.05, 0.1) is 11.8 Å². The summed E-state index contributed by atoms with van der Waals surface area (Å²) in [6.07, 6.45) is 1.95. The predicted molar refractivity (Wildman–Crippen MR) is 96.5 cm³/mol. The maximum atomic E-state index is 12.7. The zero-order valence-corrected chi connectivity index (χ0v) is 15.1. The summed E-state index contributed by atoms with van der Waals surface area (Å²) in [6.45, 7) is 5.33. The molecular weight excluding hydrogens is 314 g/mol. The Labute approximate surface area is 149 Å². The van der Waals surface area contributed by atoms with E-state index < -0.39 is 0 Å². The van der Waals surface area contributed by atoms with Crippen LogP contribution in [0.15, 0.2) is 36.4 Å². The van der Waals surface area contributed by atoms with Crippen molar-refractivity contribution < 1.29 is 9.53 Å². The van der Waals surface area contributed by atoms with Crippen molar-refractivity contribution in [2.24, 2.45) is 5.92 Å². The molecule has 0 N–H and O–H groups in total. The van der Waals surface area contributed by atoms with Crippen LogP contribution in [-0.2, 0) is 11.2 Å². The quantitative estimate of drug-likeness (QED) is 0.859. The number of hydrogen-bond acceptors (Lipinski definition) is 4. The second-order valence-electron chi connectivity index (χ2n) is 6.76. The van der Waals surface area contributed by atoms with Crippen molar-refractivity contribution in [1.82, 2.24) is 15.1 Å². The number of piperidine rings is 1. The van der Waals surface area contributed by atoms with Crippen LogP contribution < -0.4 is 0 Å². The number of aryl methyl sites for hydroxylation is 2. The largest absolute Gasteiger partial charge is 0.379 e. The molecular formula is C20H25N3O2. The summed E-state index contributed by atoms with van der Waals surface area (Å²) >= 11 is 0. The van der Waals surface area contributed by atoms with E-state index in [1.807, 2.05) is 17.9 Å². The summed E-state index contributed by atoms with van der Waals surface area (Å²) in [5.74, 6) is 0.350. The number of hydrogen-bond donors (Lipinski definition) is 0. The van der Waals surface area contributed by atoms with Crippen LogP contribution in [0.25, 0.3) is 0 Å². The first-order chi connectivity index (χ1) is 12.1. The van der Waals surface area contributed by atoms with Gasteiger partial charge in [-0.25, -0.2) is 0 Å². The first kappa shape index (κ1) is 17.5. The van der Waals surface area contributed by atoms with Crippen molar-refractivity contribution in [3.8, 4) is 0 Å². The molecule has 25 heavy (non-hydrogen) atoms. The van der Waals surface area contributed by atoms with E-state index in [1.54, 1.807) is 13.2 Å². The maximum absolute atomic E-state index is 12.7. The Morgan fingerprint density at radius 2 is 2.00 bits per heavy atom. The molecule has 1 fully saturated rings. The molecule has 0 spiro atoms. The highest BCUT2D eigenvalue weighted by Crippen LogP contribution is 2.26. The van der Waals surface area contributed by atoms with Crippen LogP contribution in [0, 0.1) is 19.8 Å². The normalized spacial score (nSPS) is 20.5. The van der Waals surface area contributed by atoms with E-state index in [0.29, 0.717) is 18.2 Å². The van der Waals surface area contributed by atoms with E-state index in [4.69, 9.17) is 4.74 Å². The third-order valence-electron chi connectivity index (χ3n) is 5.05. The maximum Gasteiger partial charge on any atom is 0.274 e. The Hall–Kier alpha value is -2.27. The summed E-state index contributed by atoms with van der Waals surface area (Å²) < 4.78 is 5.72. The minimum Gasteiger partial charge on any atom is -0.379 e. The standard InChI is InChI=1S/C20H25N3O2/c1-14-6-4-5-7-16(14)12-17-10-11-23(13-19(17)25-3)20(24)18-9-8-15(2)21-22-18/h4-9,17,19H,10-13H2,1-3H3/t17-,19-/m1/s1. The van der Waals surface area contributed by atoms with E-state index in [-0.39, 0.29) is 12.0 Å². The number of benzene rings is 1. The molecule has 3 rings (SSSR count). The Morgan fingerprint density at radius 3 is 2.68 bits per heavy atom. The molecule has 0 bridgehead atoms. The number of amides is 1. The van der Waals surface area contributed by atoms with Crippen molar-refractivity contribution >= 4 is 5.91 Å². The van der Waals surface area contributed by atoms with Crippen LogP contribution in [0.2, 0.25) is 0 Å². The molecule has 1 aliphatic heterocycles. The summed E-state index contributed by atoms with van der Waals surface area (Å²) in [6, 6.07) is 12.0. The van der Waals surface area contributed by atoms with Crippen LogP contribution in [0.5, 0.6) is 0 Å². The lowest BCUT2D eigenvalue weighted by Crippen LogP contribution is -2.48. The van der Waals surface area contributed by atoms with Crippen molar-refractivity contribution in [1.29, 1.82) is 0 Å². The van der Waals surface area contributed by atoms with E-state index in [1.165, 1.54) is 11.1 Å². The second-order valence-corrected chi connectivity index (χ2v) is 6.76. The van der Waals surface area contributed by atoms with Crippen molar-refractivity contribution in [3.63, 3.8) is 0 Å². The van der Waals surface area contributed by atoms with Gasteiger partial charge in [-0.1, -0.05) is 24.3 Å². The van der Waals surface area contributed by atoms with Crippen molar-refractivity contribution in [2.75, 3.05) is 20.2 Å². The van der Waals surface area contributed by atoms with Gasteiger partial charge in [0, 0.05) is 20.2 Å². The van der Waals surface area contributed by atoms with Crippen LogP contribution in [0.1, 0.15) is 33.7 Å². The summed E-state index contributed by atoms with van der Waals surface area (Å²) in [4.78, 5) is 14.5. The smallest absolute Gasteiger partial charge is 0.274 e. The molecule has 2 atom stereocenters. The lowest BCUT2D eigenvalue weighted by atomic mass is 9.86. The number of nitrogens with zero attached hydrogens (tertiary/aromatic N) is 3. The number of carbonyl (C=O) groups is 1. The first-order valence-electron chi connectivity index (χ1n) is 8.75. The number of likely N-dealkylation sites (tertiary alicyclic amines) is 1. The van der Waals surface area contributed by atoms with Gasteiger partial charge >= 0.3 is 0 Å². The van der Waals surface area contributed by atoms with Crippen LogP contribution >= 0.6 is 0 Å². The van der Waals surface area contributed by atoms with Gasteiger partial charge in [0.25, 0.3) is 5.91 Å². The zero-order valence-electron chi connectivity index (χ0n) is 15.1. The van der Waals surface area contributed by atoms with E-state index in [0.717, 1.165) is 25.1 Å². The van der Waals surface area contributed by atoms with Crippen molar-refractivity contribution in [2.45, 2.75) is 32.8 Å². The van der Waals surface area contributed by atoms with Gasteiger partial charge in [-0.05, 0) is 55.9 Å². The highest BCUT2D eigenvalue weighted by molar-refractivity contribution is 5.92. The molecule has 5 heteroatoms. The third-order valence-corrected chi connectivity index (χ3v) is 5.05. The van der Waals surface area contributed by atoms with Gasteiger partial charge in [0.1, 0.15) is 0 Å². The average Bonchev–Trinajstić information content (AvgIpc) is 2.64. The van der Waals surface area contributed by atoms with Crippen molar-refractivity contribution in [3.05, 3.63) is 58.9 Å². The fourth-order valence-electron chi connectivity index (χ4n) is 3.45. The molecule has 1 amide bonds. The lowest BCUT2D eigenvalue weighted by molar-refractivity contribution is -0.00723. The molecule has 1 aliphatic rings. The SMILES string of the molecule is CO[C@@H]1CN(C(=O)c2ccc(C)nn2)CC[C@@H]1Cc1ccccc1C. The van der Waals surface area contributed by atoms with Gasteiger partial charge in [-0.3, -0.25) is 4.79 Å². The number of rotatable bonds is 4. The Kier molecular flexibility index (Phi) is 5.43. The highest BCUT2D eigenvalue weighted by atomic mass is 16.5. The first-order valence-corrected chi connectivity index (χ1v) is 8.75. The summed E-state index contributed by atoms with van der Waals surface area (Å²) in [5, 5.41) is 8.01. The Bertz CT molecular complexity index is 730. The molecule has 0 saturated carbocycles. The van der Waals surface area contributed by atoms with Crippen LogP contribution in [-0.4, -0.2) is 47.3 Å². The number of carbonyl (C=O) groups excluding carboxylic acids is 1. The molecule has 1 saturated heterocycles. The van der Waals surface area contributed by atoms with Gasteiger partial charge in [0.15, 0.2) is 5.69 Å². The number of ether oxygens (including phenoxy) is 1. The molecule has 132 valence electrons. The minimum atomic E-state index is -0.0658. The topological polar surface area (TPSA) is 55.3 Å². The summed E-state index contributed by atoms with van der Waals surface area (Å²) in [7, 11) is 1.73. The van der Waals surface area contributed by atoms with Crippen LogP contribution in [0.4, 0.5) is 0 Å². The van der Waals surface area contributed by atoms with Gasteiger partial charge in [0.2, 0.25) is 0 Å². The zero-order chi connectivity index (χ0) is 17.8. The van der Waals surface area contributed by atoms with E-state index in [2.05, 4.69) is 41.4 Å². The predicted octanol–water partition coefficient (Wildman–Crippen LogP) is 2.81. The molecule has 2 heterocycles. The third kappa shape index (κ3) is 4.04. The Morgan fingerprint density at radius 1 is 1.20 bits per heavy atom. The van der Waals surface area contributed by atoms with Gasteiger partial charge < -0.3 is 9.64 Å². The highest BCUT2D eigenvalue weighted by Gasteiger charge is 2.32. The minimum absolute atomic E-state index is 0.0377. The average molecular weight is 339 g/mol. The van der Waals surface area contributed by atoms with Gasteiger partial charge in [-0.2, -0.15) is 5.10 Å². The van der Waals surface area contributed by atoms with Crippen LogP contribution in [0.3, 0.4) is 0 Å². The van der Waals surface area contributed by atoms with E-state index >= 15 is 0 Å². The Balaban J connectivity index is 1.68. The lowest BCUT2D eigenvalue weighted by Gasteiger charge is -2.38. The molecule has 1 aromatic heterocycles. The molecule has 5 nitrogen and oxygen atoms in total. The van der Waals surface area contributed by atoms with Gasteiger partial charge in [-0.15, -0.1) is 5.10 Å². The molecule has 2 aromatic rings. The van der Waals surface area contributed by atoms with E-state index in [9.17, 15) is 4.79 Å². The molecule has 0 radical (unpaired) electrons. The fourth-order valence-corrected chi connectivity index (χ4v) is 3.45.